The highest BCUT2D eigenvalue weighted by Crippen LogP contribution is 2.18. The summed E-state index contributed by atoms with van der Waals surface area (Å²) in [7, 11) is 0. The summed E-state index contributed by atoms with van der Waals surface area (Å²) in [6, 6.07) is 6.65. The molecule has 7 heteroatoms. The number of benzene rings is 1. The quantitative estimate of drug-likeness (QED) is 0.501. The number of rotatable bonds is 4. The molecule has 2 saturated carbocycles. The zero-order valence-corrected chi connectivity index (χ0v) is 15.4. The van der Waals surface area contributed by atoms with E-state index in [2.05, 4.69) is 5.32 Å². The first kappa shape index (κ1) is 20.0. The van der Waals surface area contributed by atoms with E-state index in [1.165, 1.54) is 76.3 Å². The van der Waals surface area contributed by atoms with Gasteiger partial charge in [-0.25, -0.2) is 0 Å². The topological polar surface area (TPSA) is 99.9 Å². The zero-order chi connectivity index (χ0) is 18.1. The summed E-state index contributed by atoms with van der Waals surface area (Å²) in [5.41, 5.74) is -0.121. The largest absolute Gasteiger partial charge is 0.768 e. The fraction of sp³-hybridized carbons (Fsp3) is 0.667. The van der Waals surface area contributed by atoms with Crippen molar-refractivity contribution < 1.29 is 19.0 Å². The number of nitro benzene ring substituents is 1. The van der Waals surface area contributed by atoms with Crippen molar-refractivity contribution in [1.29, 1.82) is 0 Å². The summed E-state index contributed by atoms with van der Waals surface area (Å²) < 4.78 is 20.6. The molecule has 1 aromatic carbocycles. The molecule has 3 rings (SSSR count). The van der Waals surface area contributed by atoms with Crippen molar-refractivity contribution in [3.05, 3.63) is 34.4 Å². The van der Waals surface area contributed by atoms with E-state index in [9.17, 15) is 18.9 Å². The molecule has 2 aliphatic rings. The van der Waals surface area contributed by atoms with E-state index >= 15 is 0 Å². The van der Waals surface area contributed by atoms with Crippen LogP contribution in [-0.4, -0.2) is 25.8 Å². The van der Waals surface area contributed by atoms with Gasteiger partial charge >= 0.3 is 0 Å². The van der Waals surface area contributed by atoms with Crippen molar-refractivity contribution in [3.63, 3.8) is 0 Å². The van der Waals surface area contributed by atoms with Crippen molar-refractivity contribution >= 4 is 16.8 Å². The van der Waals surface area contributed by atoms with Gasteiger partial charge < -0.3 is 9.87 Å². The second-order valence-electron chi connectivity index (χ2n) is 6.97. The van der Waals surface area contributed by atoms with Gasteiger partial charge in [0.2, 0.25) is 0 Å². The van der Waals surface area contributed by atoms with Crippen molar-refractivity contribution in [2.75, 3.05) is 0 Å². The number of nitrogens with two attached hydrogens (primary N) is 1. The molecule has 2 fully saturated rings. The van der Waals surface area contributed by atoms with Gasteiger partial charge in [0.1, 0.15) is 0 Å². The van der Waals surface area contributed by atoms with Gasteiger partial charge in [0.15, 0.2) is 0 Å². The van der Waals surface area contributed by atoms with Crippen LogP contribution in [0.4, 0.5) is 5.69 Å². The lowest BCUT2D eigenvalue weighted by Crippen LogP contribution is -2.95. The second kappa shape index (κ2) is 10.6. The van der Waals surface area contributed by atoms with E-state index < -0.39 is 16.0 Å². The maximum atomic E-state index is 10.3. The van der Waals surface area contributed by atoms with Crippen LogP contribution in [0.5, 0.6) is 0 Å². The summed E-state index contributed by atoms with van der Waals surface area (Å²) in [6.45, 7) is 0. The van der Waals surface area contributed by atoms with Gasteiger partial charge in [0, 0.05) is 17.0 Å². The van der Waals surface area contributed by atoms with Crippen LogP contribution in [0.25, 0.3) is 0 Å². The van der Waals surface area contributed by atoms with Gasteiger partial charge in [-0.3, -0.25) is 14.3 Å². The van der Waals surface area contributed by atoms with Gasteiger partial charge in [-0.1, -0.05) is 12.8 Å². The molecule has 0 spiro atoms. The first-order valence-corrected chi connectivity index (χ1v) is 10.3. The van der Waals surface area contributed by atoms with Crippen molar-refractivity contribution in [3.8, 4) is 0 Å². The monoisotopic (exact) mass is 368 g/mol. The average Bonchev–Trinajstić information content (AvgIpc) is 2.64. The molecule has 0 aromatic heterocycles. The SMILES string of the molecule is C1CCC([NH2+]C2CCCCC2)CC1.O=[N+]([O-])c1ccc(S(=O)[O-])cc1. The van der Waals surface area contributed by atoms with Crippen LogP contribution in [0, 0.1) is 10.1 Å². The van der Waals surface area contributed by atoms with E-state index in [0.29, 0.717) is 0 Å². The second-order valence-corrected chi connectivity index (χ2v) is 7.92. The van der Waals surface area contributed by atoms with Crippen LogP contribution >= 0.6 is 0 Å². The first-order chi connectivity index (χ1) is 12.1. The molecule has 0 heterocycles. The van der Waals surface area contributed by atoms with Crippen LogP contribution in [0.15, 0.2) is 29.2 Å². The number of non-ortho nitro benzene ring substituents is 1. The number of quaternary nitrogens is 1. The molecule has 0 aliphatic heterocycles. The Balaban J connectivity index is 0.000000181. The molecule has 0 bridgehead atoms. The molecule has 0 saturated heterocycles. The van der Waals surface area contributed by atoms with Crippen molar-refractivity contribution in [2.45, 2.75) is 81.2 Å². The summed E-state index contributed by atoms with van der Waals surface area (Å²) >= 11 is -2.32. The highest BCUT2D eigenvalue weighted by Gasteiger charge is 2.22. The maximum Gasteiger partial charge on any atom is 0.269 e. The lowest BCUT2D eigenvalue weighted by Gasteiger charge is -2.27. The van der Waals surface area contributed by atoms with E-state index in [1.807, 2.05) is 0 Å². The number of hydrogen-bond acceptors (Lipinski definition) is 4. The Morgan fingerprint density at radius 2 is 1.32 bits per heavy atom. The Bertz CT molecular complexity index is 504. The lowest BCUT2D eigenvalue weighted by atomic mass is 9.91. The van der Waals surface area contributed by atoms with E-state index in [0.717, 1.165) is 24.2 Å². The third-order valence-electron chi connectivity index (χ3n) is 5.08. The normalized spacial score (nSPS) is 20.4. The fourth-order valence-electron chi connectivity index (χ4n) is 3.72. The minimum atomic E-state index is -2.32. The maximum absolute atomic E-state index is 10.3. The molecule has 2 N–H and O–H groups in total. The predicted molar refractivity (Wildman–Crippen MR) is 96.0 cm³/mol. The molecule has 2 aliphatic carbocycles. The third kappa shape index (κ3) is 7.22. The Kier molecular flexibility index (Phi) is 8.51. The Morgan fingerprint density at radius 1 is 0.880 bits per heavy atom. The van der Waals surface area contributed by atoms with Gasteiger partial charge in [0.25, 0.3) is 5.69 Å². The Labute approximate surface area is 151 Å². The van der Waals surface area contributed by atoms with Crippen LogP contribution in [0.2, 0.25) is 0 Å². The molecule has 1 aromatic rings. The minimum Gasteiger partial charge on any atom is -0.768 e. The summed E-state index contributed by atoms with van der Waals surface area (Å²) in [5.74, 6) is 0. The Hall–Kier alpha value is -1.31. The van der Waals surface area contributed by atoms with Gasteiger partial charge in [-0.2, -0.15) is 0 Å². The lowest BCUT2D eigenvalue weighted by molar-refractivity contribution is -0.725. The molecule has 0 amide bonds. The van der Waals surface area contributed by atoms with Crippen LogP contribution in [0.1, 0.15) is 64.2 Å². The van der Waals surface area contributed by atoms with Crippen molar-refractivity contribution in [1.82, 2.24) is 0 Å². The molecular formula is C18H28N2O4S. The smallest absolute Gasteiger partial charge is 0.269 e. The molecule has 140 valence electrons. The first-order valence-electron chi connectivity index (χ1n) is 9.25. The van der Waals surface area contributed by atoms with E-state index in [-0.39, 0.29) is 10.6 Å². The predicted octanol–water partition coefficient (Wildman–Crippen LogP) is 3.05. The number of nitrogens with zero attached hydrogens (tertiary/aromatic N) is 1. The van der Waals surface area contributed by atoms with Gasteiger partial charge in [0.05, 0.1) is 17.0 Å². The third-order valence-corrected chi connectivity index (χ3v) is 5.74. The molecular weight excluding hydrogens is 340 g/mol. The number of nitro groups is 1. The van der Waals surface area contributed by atoms with E-state index in [4.69, 9.17) is 0 Å². The van der Waals surface area contributed by atoms with Crippen LogP contribution < -0.4 is 5.32 Å². The standard InChI is InChI=1S/C12H23N.C6H5NO4S/c1-3-7-11(8-4-1)13-12-9-5-2-6-10-12;8-7(9)5-1-3-6(4-2-5)12(10)11/h11-13H,1-10H2;1-4H,(H,10,11). The van der Waals surface area contributed by atoms with Crippen molar-refractivity contribution in [2.24, 2.45) is 0 Å². The molecule has 0 radical (unpaired) electrons. The van der Waals surface area contributed by atoms with E-state index in [1.54, 1.807) is 0 Å². The Morgan fingerprint density at radius 3 is 1.68 bits per heavy atom. The molecule has 6 nitrogen and oxygen atoms in total. The minimum absolute atomic E-state index is 0.0422. The summed E-state index contributed by atoms with van der Waals surface area (Å²) in [6.07, 6.45) is 15.0. The highest BCUT2D eigenvalue weighted by atomic mass is 32.2. The fourth-order valence-corrected chi connectivity index (χ4v) is 4.08. The highest BCUT2D eigenvalue weighted by molar-refractivity contribution is 7.79. The van der Waals surface area contributed by atoms with Crippen LogP contribution in [-0.2, 0) is 11.1 Å². The average molecular weight is 368 g/mol. The van der Waals surface area contributed by atoms with Gasteiger partial charge in [-0.15, -0.1) is 0 Å². The van der Waals surface area contributed by atoms with Gasteiger partial charge in [-0.05, 0) is 74.6 Å². The summed E-state index contributed by atoms with van der Waals surface area (Å²) in [5, 5.41) is 12.9. The van der Waals surface area contributed by atoms with Crippen LogP contribution in [0.3, 0.4) is 0 Å². The molecule has 1 unspecified atom stereocenters. The number of hydrogen-bond donors (Lipinski definition) is 1. The zero-order valence-electron chi connectivity index (χ0n) is 14.6. The molecule has 25 heavy (non-hydrogen) atoms. The summed E-state index contributed by atoms with van der Waals surface area (Å²) in [4.78, 5) is 9.59. The molecule has 1 atom stereocenters.